The average molecular weight is 577 g/mol. The first kappa shape index (κ1) is 27.8. The quantitative estimate of drug-likeness (QED) is 0.323. The molecule has 4 rings (SSSR count). The third-order valence-electron chi connectivity index (χ3n) is 5.10. The van der Waals surface area contributed by atoms with Crippen LogP contribution in [0.1, 0.15) is 5.82 Å². The number of nitrogens with zero attached hydrogens (tertiary/aromatic N) is 7. The Morgan fingerprint density at radius 3 is 2.38 bits per heavy atom. The average Bonchev–Trinajstić information content (AvgIpc) is 3.44. The first-order valence-corrected chi connectivity index (χ1v) is 11.0. The number of anilines is 1. The van der Waals surface area contributed by atoms with Crippen molar-refractivity contribution in [2.45, 2.75) is 31.5 Å². The Hall–Kier alpha value is -4.25. The number of alkyl halides is 6. The summed E-state index contributed by atoms with van der Waals surface area (Å²) in [5.41, 5.74) is -1.15. The van der Waals surface area contributed by atoms with E-state index in [0.717, 1.165) is 21.8 Å². The van der Waals surface area contributed by atoms with Gasteiger partial charge in [-0.3, -0.25) is 9.36 Å². The maximum Gasteiger partial charge on any atom is 0.471 e. The number of halogens is 7. The number of aliphatic hydroxyl groups is 1. The molecular weight excluding hydrogens is 562 g/mol. The van der Waals surface area contributed by atoms with Gasteiger partial charge in [-0.2, -0.15) is 26.3 Å². The molecule has 3 heterocycles. The van der Waals surface area contributed by atoms with Crippen molar-refractivity contribution in [3.05, 3.63) is 70.3 Å². The van der Waals surface area contributed by atoms with E-state index in [2.05, 4.69) is 20.2 Å². The molecule has 1 amide bonds. The van der Waals surface area contributed by atoms with Gasteiger partial charge in [0.05, 0.1) is 12.2 Å². The third-order valence-corrected chi connectivity index (χ3v) is 5.35. The SMILES string of the molecule is O=C(Nc1cccnc1-n1cnc(Cn2nc(-c3ccc(Cl)cc3)n(CC(O)C(F)(F)F)c2=O)n1)C(F)(F)F. The standard InChI is InChI=1S/C21H15ClF6N8O3/c22-12-5-3-11(4-6-12)16-33-35(19(39)34(16)8-14(37)20(23,24)25)9-15-30-10-36(32-15)17-13(2-1-7-29-17)31-18(38)21(26,27)28/h1-7,10,14,37H,8-9H2,(H,31,38). The van der Waals surface area contributed by atoms with Gasteiger partial charge < -0.3 is 10.4 Å². The maximum absolute atomic E-state index is 13.0. The lowest BCUT2D eigenvalue weighted by Gasteiger charge is -2.15. The molecule has 0 bridgehead atoms. The number of aromatic nitrogens is 7. The van der Waals surface area contributed by atoms with Gasteiger partial charge in [0.25, 0.3) is 0 Å². The van der Waals surface area contributed by atoms with Crippen molar-refractivity contribution >= 4 is 23.2 Å². The first-order valence-electron chi connectivity index (χ1n) is 10.7. The lowest BCUT2D eigenvalue weighted by Crippen LogP contribution is -2.37. The molecule has 4 aromatic rings. The first-order chi connectivity index (χ1) is 18.2. The van der Waals surface area contributed by atoms with Crippen LogP contribution in [0.5, 0.6) is 0 Å². The van der Waals surface area contributed by atoms with Crippen LogP contribution in [0, 0.1) is 0 Å². The number of amides is 1. The molecule has 0 radical (unpaired) electrons. The van der Waals surface area contributed by atoms with Crippen LogP contribution in [0.2, 0.25) is 5.02 Å². The number of rotatable bonds is 7. The van der Waals surface area contributed by atoms with Gasteiger partial charge in [-0.05, 0) is 36.4 Å². The minimum atomic E-state index is -5.16. The van der Waals surface area contributed by atoms with E-state index in [0.29, 0.717) is 9.59 Å². The molecule has 0 aliphatic heterocycles. The largest absolute Gasteiger partial charge is 0.471 e. The van der Waals surface area contributed by atoms with Gasteiger partial charge in [-0.25, -0.2) is 24.1 Å². The van der Waals surface area contributed by atoms with Crippen LogP contribution in [0.25, 0.3) is 17.2 Å². The van der Waals surface area contributed by atoms with Gasteiger partial charge in [0.2, 0.25) is 0 Å². The van der Waals surface area contributed by atoms with Crippen molar-refractivity contribution in [2.75, 3.05) is 5.32 Å². The molecule has 1 unspecified atom stereocenters. The van der Waals surface area contributed by atoms with Crippen molar-refractivity contribution in [1.29, 1.82) is 0 Å². The van der Waals surface area contributed by atoms with Crippen LogP contribution in [0.15, 0.2) is 53.7 Å². The second-order valence-electron chi connectivity index (χ2n) is 7.87. The summed E-state index contributed by atoms with van der Waals surface area (Å²) in [6, 6.07) is 8.09. The summed E-state index contributed by atoms with van der Waals surface area (Å²) in [4.78, 5) is 32.2. The highest BCUT2D eigenvalue weighted by Gasteiger charge is 2.40. The smallest absolute Gasteiger partial charge is 0.382 e. The molecule has 0 fully saturated rings. The minimum absolute atomic E-state index is 0.125. The van der Waals surface area contributed by atoms with Crippen molar-refractivity contribution in [2.24, 2.45) is 0 Å². The molecular formula is C21H15ClF6N8O3. The lowest BCUT2D eigenvalue weighted by atomic mass is 10.2. The Labute approximate surface area is 218 Å². The van der Waals surface area contributed by atoms with E-state index in [9.17, 15) is 41.0 Å². The van der Waals surface area contributed by atoms with Crippen molar-refractivity contribution in [3.63, 3.8) is 0 Å². The summed E-state index contributed by atoms with van der Waals surface area (Å²) in [7, 11) is 0. The number of pyridine rings is 1. The summed E-state index contributed by atoms with van der Waals surface area (Å²) >= 11 is 5.86. The van der Waals surface area contributed by atoms with E-state index in [1.54, 1.807) is 5.32 Å². The molecule has 0 saturated carbocycles. The lowest BCUT2D eigenvalue weighted by molar-refractivity contribution is -0.207. The molecule has 0 saturated heterocycles. The summed E-state index contributed by atoms with van der Waals surface area (Å²) in [6.45, 7) is -1.63. The van der Waals surface area contributed by atoms with Crippen LogP contribution >= 0.6 is 11.6 Å². The molecule has 0 aliphatic carbocycles. The highest BCUT2D eigenvalue weighted by atomic mass is 35.5. The molecule has 206 valence electrons. The number of hydrogen-bond donors (Lipinski definition) is 2. The zero-order valence-electron chi connectivity index (χ0n) is 19.2. The van der Waals surface area contributed by atoms with Crippen LogP contribution < -0.4 is 11.0 Å². The molecule has 0 aliphatic rings. The second kappa shape index (κ2) is 10.5. The normalized spacial score (nSPS) is 12.9. The molecule has 1 aromatic carbocycles. The van der Waals surface area contributed by atoms with E-state index in [1.165, 1.54) is 36.5 Å². The minimum Gasteiger partial charge on any atom is -0.382 e. The molecule has 11 nitrogen and oxygen atoms in total. The maximum atomic E-state index is 13.0. The Kier molecular flexibility index (Phi) is 7.47. The van der Waals surface area contributed by atoms with E-state index in [-0.39, 0.29) is 28.7 Å². The fourth-order valence-electron chi connectivity index (χ4n) is 3.27. The van der Waals surface area contributed by atoms with Crippen LogP contribution in [0.4, 0.5) is 32.0 Å². The molecule has 3 aromatic heterocycles. The molecule has 0 spiro atoms. The van der Waals surface area contributed by atoms with Crippen LogP contribution in [0.3, 0.4) is 0 Å². The number of carbonyl (C=O) groups is 1. The van der Waals surface area contributed by atoms with Gasteiger partial charge >= 0.3 is 23.9 Å². The van der Waals surface area contributed by atoms with Crippen molar-refractivity contribution in [3.8, 4) is 17.2 Å². The zero-order chi connectivity index (χ0) is 28.5. The predicted octanol–water partition coefficient (Wildman–Crippen LogP) is 2.81. The number of nitrogens with one attached hydrogen (secondary N) is 1. The van der Waals surface area contributed by atoms with E-state index in [4.69, 9.17) is 11.6 Å². The molecule has 39 heavy (non-hydrogen) atoms. The Bertz CT molecular complexity index is 1540. The van der Waals surface area contributed by atoms with Crippen molar-refractivity contribution in [1.82, 2.24) is 34.1 Å². The highest BCUT2D eigenvalue weighted by Crippen LogP contribution is 2.25. The van der Waals surface area contributed by atoms with Gasteiger partial charge in [0, 0.05) is 16.8 Å². The van der Waals surface area contributed by atoms with Crippen LogP contribution in [-0.4, -0.2) is 63.6 Å². The molecule has 1 atom stereocenters. The molecule has 18 heteroatoms. The van der Waals surface area contributed by atoms with E-state index in [1.807, 2.05) is 0 Å². The monoisotopic (exact) mass is 576 g/mol. The number of benzene rings is 1. The Balaban J connectivity index is 1.67. The van der Waals surface area contributed by atoms with Crippen molar-refractivity contribution < 1.29 is 36.2 Å². The summed E-state index contributed by atoms with van der Waals surface area (Å²) in [5, 5.41) is 19.6. The molecule has 2 N–H and O–H groups in total. The fraction of sp³-hybridized carbons (Fsp3) is 0.238. The third kappa shape index (κ3) is 6.26. The summed E-state index contributed by atoms with van der Waals surface area (Å²) in [5.74, 6) is -2.81. The summed E-state index contributed by atoms with van der Waals surface area (Å²) < 4.78 is 79.4. The number of carbonyl (C=O) groups excluding carboxylic acids is 1. The van der Waals surface area contributed by atoms with Gasteiger partial charge in [0.15, 0.2) is 23.6 Å². The predicted molar refractivity (Wildman–Crippen MR) is 122 cm³/mol. The fourth-order valence-corrected chi connectivity index (χ4v) is 3.40. The van der Waals surface area contributed by atoms with Gasteiger partial charge in [-0.15, -0.1) is 10.2 Å². The van der Waals surface area contributed by atoms with Crippen LogP contribution in [-0.2, 0) is 17.9 Å². The number of hydrogen-bond acceptors (Lipinski definition) is 7. The van der Waals surface area contributed by atoms with Gasteiger partial charge in [-0.1, -0.05) is 11.6 Å². The number of aliphatic hydroxyl groups excluding tert-OH is 1. The second-order valence-corrected chi connectivity index (χ2v) is 8.31. The Morgan fingerprint density at radius 1 is 1.05 bits per heavy atom. The topological polar surface area (TPSA) is 133 Å². The highest BCUT2D eigenvalue weighted by molar-refractivity contribution is 6.30. The van der Waals surface area contributed by atoms with E-state index >= 15 is 0 Å². The Morgan fingerprint density at radius 2 is 1.74 bits per heavy atom. The summed E-state index contributed by atoms with van der Waals surface area (Å²) in [6.07, 6.45) is -10.8. The zero-order valence-corrected chi connectivity index (χ0v) is 19.9. The van der Waals surface area contributed by atoms with E-state index < -0.39 is 43.1 Å². The van der Waals surface area contributed by atoms with Gasteiger partial charge in [0.1, 0.15) is 12.9 Å².